The number of urea groups is 1. The van der Waals surface area contributed by atoms with Crippen molar-refractivity contribution < 1.29 is 14.4 Å². The number of hydrogen-bond donors (Lipinski definition) is 3. The second kappa shape index (κ2) is 13.5. The maximum Gasteiger partial charge on any atom is 0.318 e. The lowest BCUT2D eigenvalue weighted by atomic mass is 9.92. The molecule has 5 aromatic rings. The largest absolute Gasteiger partial charge is 0.361 e. The van der Waals surface area contributed by atoms with Crippen LogP contribution in [0.15, 0.2) is 97.2 Å². The first-order chi connectivity index (χ1) is 22.3. The lowest BCUT2D eigenvalue weighted by molar-refractivity contribution is -0.118. The summed E-state index contributed by atoms with van der Waals surface area (Å²) in [6.45, 7) is 4.26. The van der Waals surface area contributed by atoms with Crippen molar-refractivity contribution in [2.75, 3.05) is 45.6 Å². The van der Waals surface area contributed by atoms with E-state index in [0.717, 1.165) is 39.3 Å². The van der Waals surface area contributed by atoms with E-state index >= 15 is 0 Å². The number of carbonyl (C=O) groups excluding carboxylic acids is 3. The number of aromatic nitrogens is 1. The molecule has 0 aliphatic carbocycles. The van der Waals surface area contributed by atoms with E-state index in [1.165, 1.54) is 0 Å². The third-order valence-corrected chi connectivity index (χ3v) is 8.72. The van der Waals surface area contributed by atoms with Gasteiger partial charge in [0, 0.05) is 67.0 Å². The van der Waals surface area contributed by atoms with Crippen molar-refractivity contribution in [3.8, 4) is 0 Å². The molecule has 1 saturated heterocycles. The quantitative estimate of drug-likeness (QED) is 0.209. The highest BCUT2D eigenvalue weighted by Gasteiger charge is 2.33. The summed E-state index contributed by atoms with van der Waals surface area (Å²) in [6, 6.07) is 28.2. The monoisotopic (exact) mass is 616 g/mol. The second-order valence-corrected chi connectivity index (χ2v) is 12.3. The van der Waals surface area contributed by atoms with Crippen LogP contribution in [0.4, 0.5) is 10.5 Å². The van der Waals surface area contributed by atoms with Crippen LogP contribution in [-0.4, -0.2) is 83.8 Å². The Morgan fingerprint density at radius 3 is 2.33 bits per heavy atom. The zero-order chi connectivity index (χ0) is 32.2. The van der Waals surface area contributed by atoms with Gasteiger partial charge in [-0.15, -0.1) is 0 Å². The fraction of sp³-hybridized carbons (Fsp3) is 0.270. The Labute approximate surface area is 269 Å². The van der Waals surface area contributed by atoms with Gasteiger partial charge in [-0.3, -0.25) is 9.59 Å². The molecule has 9 nitrogen and oxygen atoms in total. The molecule has 2 atom stereocenters. The van der Waals surface area contributed by atoms with E-state index in [2.05, 4.69) is 20.5 Å². The number of aromatic amines is 1. The van der Waals surface area contributed by atoms with Crippen molar-refractivity contribution in [1.29, 1.82) is 0 Å². The Morgan fingerprint density at radius 1 is 0.826 bits per heavy atom. The molecule has 1 aliphatic heterocycles. The highest BCUT2D eigenvalue weighted by molar-refractivity contribution is 6.00. The zero-order valence-corrected chi connectivity index (χ0v) is 26.5. The van der Waals surface area contributed by atoms with Gasteiger partial charge >= 0.3 is 6.03 Å². The number of benzene rings is 4. The number of H-pyrrole nitrogens is 1. The van der Waals surface area contributed by atoms with Gasteiger partial charge in [-0.25, -0.2) is 4.79 Å². The van der Waals surface area contributed by atoms with Crippen LogP contribution in [0.2, 0.25) is 0 Å². The van der Waals surface area contributed by atoms with Gasteiger partial charge in [0.25, 0.3) is 5.91 Å². The van der Waals surface area contributed by atoms with Crippen LogP contribution in [0.1, 0.15) is 34.3 Å². The number of hydrogen-bond acceptors (Lipinski definition) is 4. The Kier molecular flexibility index (Phi) is 9.03. The molecule has 0 radical (unpaired) electrons. The predicted molar refractivity (Wildman–Crippen MR) is 183 cm³/mol. The lowest BCUT2D eigenvalue weighted by Gasteiger charge is -2.36. The van der Waals surface area contributed by atoms with Crippen molar-refractivity contribution in [3.05, 3.63) is 114 Å². The van der Waals surface area contributed by atoms with E-state index in [-0.39, 0.29) is 23.8 Å². The first-order valence-electron chi connectivity index (χ1n) is 15.7. The van der Waals surface area contributed by atoms with E-state index in [4.69, 9.17) is 0 Å². The average Bonchev–Trinajstić information content (AvgIpc) is 3.50. The van der Waals surface area contributed by atoms with Gasteiger partial charge in [0.2, 0.25) is 5.91 Å². The number of fused-ring (bicyclic) bond motifs is 2. The third kappa shape index (κ3) is 6.74. The molecule has 236 valence electrons. The van der Waals surface area contributed by atoms with Gasteiger partial charge in [0.1, 0.15) is 6.04 Å². The van der Waals surface area contributed by atoms with Crippen LogP contribution in [0.3, 0.4) is 0 Å². The van der Waals surface area contributed by atoms with E-state index in [1.807, 2.05) is 118 Å². The summed E-state index contributed by atoms with van der Waals surface area (Å²) in [4.78, 5) is 49.8. The van der Waals surface area contributed by atoms with Crippen molar-refractivity contribution in [3.63, 3.8) is 0 Å². The predicted octanol–water partition coefficient (Wildman–Crippen LogP) is 5.66. The Morgan fingerprint density at radius 2 is 1.54 bits per heavy atom. The average molecular weight is 617 g/mol. The Balaban J connectivity index is 1.16. The summed E-state index contributed by atoms with van der Waals surface area (Å²) < 4.78 is 0. The molecule has 6 rings (SSSR count). The van der Waals surface area contributed by atoms with Crippen LogP contribution in [0.25, 0.3) is 21.7 Å². The Bertz CT molecular complexity index is 1870. The van der Waals surface area contributed by atoms with Gasteiger partial charge < -0.3 is 30.3 Å². The summed E-state index contributed by atoms with van der Waals surface area (Å²) in [5, 5.41) is 9.22. The van der Waals surface area contributed by atoms with E-state index in [9.17, 15) is 14.4 Å². The van der Waals surface area contributed by atoms with Gasteiger partial charge in [-0.05, 0) is 66.3 Å². The van der Waals surface area contributed by atoms with Crippen LogP contribution < -0.4 is 10.6 Å². The summed E-state index contributed by atoms with van der Waals surface area (Å²) in [5.41, 5.74) is 4.30. The fourth-order valence-corrected chi connectivity index (χ4v) is 6.24. The third-order valence-electron chi connectivity index (χ3n) is 8.72. The van der Waals surface area contributed by atoms with Crippen molar-refractivity contribution in [1.82, 2.24) is 25.0 Å². The first kappa shape index (κ1) is 30.9. The maximum absolute atomic E-state index is 13.9. The standard InChI is InChI=1S/C37H40N6O3/c1-25(32-23-38-33-14-7-6-13-31(32)33)34(35(44)39-30-12-8-9-26(21-30)24-41(2)3)40-37(46)43-19-17-42(18-20-43)36(45)29-16-15-27-10-4-5-11-28(27)22-29/h4-16,21-23,25,34,38H,17-20,24H2,1-3H3,(H,39,44)(H,40,46)/t25-,34+/m0/s1. The number of anilines is 1. The molecule has 3 N–H and O–H groups in total. The molecule has 46 heavy (non-hydrogen) atoms. The molecule has 4 amide bonds. The Hall–Kier alpha value is -5.15. The number of nitrogens with one attached hydrogen (secondary N) is 3. The van der Waals surface area contributed by atoms with Gasteiger partial charge in [-0.1, -0.05) is 67.6 Å². The van der Waals surface area contributed by atoms with Crippen molar-refractivity contribution in [2.24, 2.45) is 0 Å². The summed E-state index contributed by atoms with van der Waals surface area (Å²) >= 11 is 0. The number of piperazine rings is 1. The molecule has 0 spiro atoms. The normalized spacial score (nSPS) is 14.8. The van der Waals surface area contributed by atoms with Gasteiger partial charge in [0.15, 0.2) is 0 Å². The number of amides is 4. The van der Waals surface area contributed by atoms with Crippen LogP contribution in [-0.2, 0) is 11.3 Å². The molecule has 0 bridgehead atoms. The first-order valence-corrected chi connectivity index (χ1v) is 15.7. The second-order valence-electron chi connectivity index (χ2n) is 12.3. The lowest BCUT2D eigenvalue weighted by Crippen LogP contribution is -2.57. The van der Waals surface area contributed by atoms with Crippen LogP contribution >= 0.6 is 0 Å². The van der Waals surface area contributed by atoms with Gasteiger partial charge in [0.05, 0.1) is 0 Å². The molecule has 0 unspecified atom stereocenters. The molecule has 2 heterocycles. The van der Waals surface area contributed by atoms with Crippen molar-refractivity contribution in [2.45, 2.75) is 25.4 Å². The summed E-state index contributed by atoms with van der Waals surface area (Å²) in [5.74, 6) is -0.674. The summed E-state index contributed by atoms with van der Waals surface area (Å²) in [7, 11) is 4.00. The van der Waals surface area contributed by atoms with E-state index in [1.54, 1.807) is 9.80 Å². The molecule has 1 aromatic heterocycles. The minimum Gasteiger partial charge on any atom is -0.361 e. The molecular weight excluding hydrogens is 576 g/mol. The molecule has 9 heteroatoms. The molecule has 1 aliphatic rings. The van der Waals surface area contributed by atoms with E-state index < -0.39 is 6.04 Å². The molecule has 4 aromatic carbocycles. The van der Waals surface area contributed by atoms with Crippen molar-refractivity contribution >= 4 is 45.2 Å². The summed E-state index contributed by atoms with van der Waals surface area (Å²) in [6.07, 6.45) is 1.91. The molecular formula is C37H40N6O3. The topological polar surface area (TPSA) is 101 Å². The number of carbonyl (C=O) groups is 3. The minimum atomic E-state index is -0.846. The van der Waals surface area contributed by atoms with Crippen LogP contribution in [0.5, 0.6) is 0 Å². The maximum atomic E-state index is 13.9. The molecule has 1 fully saturated rings. The SMILES string of the molecule is C[C@@H](c1c[nH]c2ccccc12)[C@@H](NC(=O)N1CCN(C(=O)c2ccc3ccccc3c2)CC1)C(=O)Nc1cccc(CN(C)C)c1. The fourth-order valence-electron chi connectivity index (χ4n) is 6.24. The minimum absolute atomic E-state index is 0.0486. The smallest absolute Gasteiger partial charge is 0.318 e. The number of nitrogens with zero attached hydrogens (tertiary/aromatic N) is 3. The highest BCUT2D eigenvalue weighted by atomic mass is 16.2. The zero-order valence-electron chi connectivity index (χ0n) is 26.5. The molecule has 0 saturated carbocycles. The number of para-hydroxylation sites is 1. The van der Waals surface area contributed by atoms with Crippen LogP contribution in [0, 0.1) is 0 Å². The number of rotatable bonds is 8. The highest BCUT2D eigenvalue weighted by Crippen LogP contribution is 2.29. The van der Waals surface area contributed by atoms with Gasteiger partial charge in [-0.2, -0.15) is 0 Å². The van der Waals surface area contributed by atoms with E-state index in [0.29, 0.717) is 37.4 Å².